The molecule has 28 heavy (non-hydrogen) atoms. The molecule has 1 heterocycles. The first kappa shape index (κ1) is 19.9. The molecule has 0 radical (unpaired) electrons. The third-order valence-electron chi connectivity index (χ3n) is 5.01. The van der Waals surface area contributed by atoms with Crippen molar-refractivity contribution in [2.45, 2.75) is 34.1 Å². The zero-order chi connectivity index (χ0) is 18.6. The zero-order valence-electron chi connectivity index (χ0n) is 16.1. The Morgan fingerprint density at radius 1 is 0.964 bits per heavy atom. The molecular formula is C25H30N2O. The summed E-state index contributed by atoms with van der Waals surface area (Å²) in [6.45, 7) is 6.76. The lowest BCUT2D eigenvalue weighted by Gasteiger charge is -2.14. The van der Waals surface area contributed by atoms with Crippen LogP contribution < -0.4 is 10.1 Å². The minimum absolute atomic E-state index is 0. The maximum absolute atomic E-state index is 6.11. The normalized spacial score (nSPS) is 13.0. The highest BCUT2D eigenvalue weighted by Gasteiger charge is 2.15. The van der Waals surface area contributed by atoms with Gasteiger partial charge in [-0.15, -0.1) is 0 Å². The molecule has 0 fully saturated rings. The van der Waals surface area contributed by atoms with E-state index in [9.17, 15) is 0 Å². The minimum Gasteiger partial charge on any atom is -0.493 e. The highest BCUT2D eigenvalue weighted by Crippen LogP contribution is 2.31. The minimum atomic E-state index is 0. The number of nitrogens with one attached hydrogen (secondary N) is 1. The summed E-state index contributed by atoms with van der Waals surface area (Å²) in [4.78, 5) is 4.62. The molecule has 3 aromatic carbocycles. The Balaban J connectivity index is 0.00000225. The summed E-state index contributed by atoms with van der Waals surface area (Å²) < 4.78 is 6.11. The molecule has 0 atom stereocenters. The van der Waals surface area contributed by atoms with Gasteiger partial charge in [0.25, 0.3) is 0 Å². The first-order valence-corrected chi connectivity index (χ1v) is 9.81. The van der Waals surface area contributed by atoms with E-state index in [2.05, 4.69) is 78.8 Å². The van der Waals surface area contributed by atoms with E-state index >= 15 is 0 Å². The number of hydrogen-bond acceptors (Lipinski definition) is 3. The number of benzene rings is 3. The molecule has 1 N–H and O–H groups in total. The standard InChI is InChI=1S/C24H26N2O.CH4/c1-3-4-13-27-23-16-20-10-9-19(18-7-5-17(2)6-8-18)14-21(20)15-22(23)24-25-11-12-26-24;/h5-10,14-16H,3-4,11-13H2,1-2H3,(H,25,26);1H4. The summed E-state index contributed by atoms with van der Waals surface area (Å²) in [6, 6.07) is 19.7. The van der Waals surface area contributed by atoms with Crippen LogP contribution in [-0.2, 0) is 0 Å². The number of ether oxygens (including phenoxy) is 1. The number of fused-ring (bicyclic) bond motifs is 1. The number of amidine groups is 1. The fraction of sp³-hybridized carbons (Fsp3) is 0.320. The van der Waals surface area contributed by atoms with Crippen molar-refractivity contribution in [3.8, 4) is 16.9 Å². The average molecular weight is 375 g/mol. The second kappa shape index (κ2) is 8.92. The van der Waals surface area contributed by atoms with Crippen LogP contribution in [0, 0.1) is 6.92 Å². The maximum atomic E-state index is 6.11. The second-order valence-corrected chi connectivity index (χ2v) is 7.14. The van der Waals surface area contributed by atoms with E-state index in [-0.39, 0.29) is 7.43 Å². The Labute approximate surface area is 168 Å². The monoisotopic (exact) mass is 374 g/mol. The molecule has 4 rings (SSSR count). The van der Waals surface area contributed by atoms with E-state index in [0.29, 0.717) is 0 Å². The highest BCUT2D eigenvalue weighted by atomic mass is 16.5. The van der Waals surface area contributed by atoms with Crippen LogP contribution in [0.3, 0.4) is 0 Å². The van der Waals surface area contributed by atoms with E-state index in [4.69, 9.17) is 4.74 Å². The van der Waals surface area contributed by atoms with Gasteiger partial charge >= 0.3 is 0 Å². The van der Waals surface area contributed by atoms with Gasteiger partial charge in [0.1, 0.15) is 11.6 Å². The Morgan fingerprint density at radius 2 is 1.75 bits per heavy atom. The third-order valence-corrected chi connectivity index (χ3v) is 5.01. The van der Waals surface area contributed by atoms with Crippen LogP contribution in [-0.4, -0.2) is 25.5 Å². The summed E-state index contributed by atoms with van der Waals surface area (Å²) in [6.07, 6.45) is 2.19. The summed E-state index contributed by atoms with van der Waals surface area (Å²) in [5.41, 5.74) is 4.82. The lowest BCUT2D eigenvalue weighted by molar-refractivity contribution is 0.309. The molecular weight excluding hydrogens is 344 g/mol. The predicted molar refractivity (Wildman–Crippen MR) is 121 cm³/mol. The van der Waals surface area contributed by atoms with Gasteiger partial charge < -0.3 is 10.1 Å². The molecule has 0 unspecified atom stereocenters. The molecule has 0 saturated heterocycles. The van der Waals surface area contributed by atoms with E-state index in [1.807, 2.05) is 0 Å². The van der Waals surface area contributed by atoms with Gasteiger partial charge in [0, 0.05) is 6.54 Å². The van der Waals surface area contributed by atoms with Crippen molar-refractivity contribution in [1.82, 2.24) is 5.32 Å². The Kier molecular flexibility index (Phi) is 6.35. The first-order valence-electron chi connectivity index (χ1n) is 9.81. The molecule has 146 valence electrons. The van der Waals surface area contributed by atoms with Crippen molar-refractivity contribution in [2.24, 2.45) is 4.99 Å². The molecule has 3 nitrogen and oxygen atoms in total. The topological polar surface area (TPSA) is 33.6 Å². The molecule has 0 spiro atoms. The highest BCUT2D eigenvalue weighted by molar-refractivity contribution is 6.06. The van der Waals surface area contributed by atoms with Crippen molar-refractivity contribution >= 4 is 16.6 Å². The van der Waals surface area contributed by atoms with Gasteiger partial charge in [0.05, 0.1) is 18.7 Å². The van der Waals surface area contributed by atoms with E-state index in [1.165, 1.54) is 27.5 Å². The van der Waals surface area contributed by atoms with Crippen LogP contribution in [0.25, 0.3) is 21.9 Å². The largest absolute Gasteiger partial charge is 0.493 e. The summed E-state index contributed by atoms with van der Waals surface area (Å²) in [5.74, 6) is 1.87. The summed E-state index contributed by atoms with van der Waals surface area (Å²) in [7, 11) is 0. The van der Waals surface area contributed by atoms with Crippen molar-refractivity contribution in [3.63, 3.8) is 0 Å². The zero-order valence-corrected chi connectivity index (χ0v) is 16.1. The van der Waals surface area contributed by atoms with Crippen LogP contribution in [0.4, 0.5) is 0 Å². The van der Waals surface area contributed by atoms with Crippen LogP contribution in [0.5, 0.6) is 5.75 Å². The molecule has 3 heteroatoms. The average Bonchev–Trinajstić information content (AvgIpc) is 3.22. The van der Waals surface area contributed by atoms with Crippen LogP contribution in [0.15, 0.2) is 59.6 Å². The molecule has 1 aliphatic heterocycles. The molecule has 3 aromatic rings. The molecule has 0 aromatic heterocycles. The maximum Gasteiger partial charge on any atom is 0.132 e. The second-order valence-electron chi connectivity index (χ2n) is 7.14. The van der Waals surface area contributed by atoms with Crippen molar-refractivity contribution in [1.29, 1.82) is 0 Å². The Bertz CT molecular complexity index is 974. The number of aryl methyl sites for hydroxylation is 1. The van der Waals surface area contributed by atoms with Gasteiger partial charge in [-0.3, -0.25) is 4.99 Å². The van der Waals surface area contributed by atoms with Gasteiger partial charge in [-0.05, 0) is 53.4 Å². The molecule has 1 aliphatic rings. The Morgan fingerprint density at radius 3 is 2.46 bits per heavy atom. The van der Waals surface area contributed by atoms with Crippen LogP contribution >= 0.6 is 0 Å². The third kappa shape index (κ3) is 4.19. The van der Waals surface area contributed by atoms with E-state index in [1.54, 1.807) is 0 Å². The summed E-state index contributed by atoms with van der Waals surface area (Å²) in [5, 5.41) is 5.80. The van der Waals surface area contributed by atoms with Gasteiger partial charge in [-0.2, -0.15) is 0 Å². The van der Waals surface area contributed by atoms with Gasteiger partial charge in [0.15, 0.2) is 0 Å². The SMILES string of the molecule is C.CCCCOc1cc2ccc(-c3ccc(C)cc3)cc2cc1C1=NCCN1. The fourth-order valence-electron chi connectivity index (χ4n) is 3.41. The fourth-order valence-corrected chi connectivity index (χ4v) is 3.41. The number of unbranched alkanes of at least 4 members (excludes halogenated alkanes) is 1. The van der Waals surface area contributed by atoms with Gasteiger partial charge in [-0.25, -0.2) is 0 Å². The van der Waals surface area contributed by atoms with Crippen molar-refractivity contribution in [2.75, 3.05) is 19.7 Å². The Hall–Kier alpha value is -2.81. The van der Waals surface area contributed by atoms with Gasteiger partial charge in [-0.1, -0.05) is 62.7 Å². The van der Waals surface area contributed by atoms with E-state index < -0.39 is 0 Å². The molecule has 0 bridgehead atoms. The summed E-state index contributed by atoms with van der Waals surface area (Å²) >= 11 is 0. The smallest absolute Gasteiger partial charge is 0.132 e. The van der Waals surface area contributed by atoms with E-state index in [0.717, 1.165) is 49.7 Å². The van der Waals surface area contributed by atoms with Crippen molar-refractivity contribution in [3.05, 3.63) is 65.7 Å². The van der Waals surface area contributed by atoms with Gasteiger partial charge in [0.2, 0.25) is 0 Å². The number of hydrogen-bond donors (Lipinski definition) is 1. The molecule has 0 amide bonds. The van der Waals surface area contributed by atoms with Crippen LogP contribution in [0.2, 0.25) is 0 Å². The molecule has 0 aliphatic carbocycles. The van der Waals surface area contributed by atoms with Crippen molar-refractivity contribution < 1.29 is 4.74 Å². The molecule has 0 saturated carbocycles. The predicted octanol–water partition coefficient (Wildman–Crippen LogP) is 5.98. The lowest BCUT2D eigenvalue weighted by Crippen LogP contribution is -2.20. The quantitative estimate of drug-likeness (QED) is 0.538. The van der Waals surface area contributed by atoms with Crippen LogP contribution in [0.1, 0.15) is 38.3 Å². The lowest BCUT2D eigenvalue weighted by atomic mass is 9.98. The number of rotatable bonds is 6. The number of nitrogens with zero attached hydrogens (tertiary/aromatic N) is 1. The number of aliphatic imine (C=N–C) groups is 1. The first-order chi connectivity index (χ1) is 13.2.